The lowest BCUT2D eigenvalue weighted by Gasteiger charge is -1.96. The van der Waals surface area contributed by atoms with E-state index in [2.05, 4.69) is 4.98 Å². The molecule has 0 spiro atoms. The molecular weight excluding hydrogens is 238 g/mol. The Morgan fingerprint density at radius 1 is 1.50 bits per heavy atom. The molecule has 0 saturated heterocycles. The van der Waals surface area contributed by atoms with Crippen molar-refractivity contribution in [2.75, 3.05) is 6.61 Å². The second-order valence-corrected chi connectivity index (χ2v) is 5.13. The lowest BCUT2D eigenvalue weighted by atomic mass is 10.1. The molecule has 2 rings (SSSR count). The summed E-state index contributed by atoms with van der Waals surface area (Å²) in [5.74, 6) is 0. The Labute approximate surface area is 94.4 Å². The molecule has 0 aliphatic rings. The zero-order valence-corrected chi connectivity index (χ0v) is 9.62. The number of fused-ring (bicyclic) bond motifs is 1. The van der Waals surface area contributed by atoms with Gasteiger partial charge in [0, 0.05) is 17.6 Å². The van der Waals surface area contributed by atoms with Gasteiger partial charge in [-0.3, -0.25) is 0 Å². The first kappa shape index (κ1) is 10.2. The third kappa shape index (κ3) is 2.03. The van der Waals surface area contributed by atoms with Crippen molar-refractivity contribution in [1.29, 1.82) is 0 Å². The number of halogens is 1. The Bertz CT molecular complexity index is 443. The van der Waals surface area contributed by atoms with Crippen LogP contribution in [0.5, 0.6) is 0 Å². The van der Waals surface area contributed by atoms with Crippen LogP contribution >= 0.6 is 33.0 Å². The monoisotopic (exact) mass is 245 g/mol. The molecular formula is C9H8ClNOS2. The highest BCUT2D eigenvalue weighted by Gasteiger charge is 2.03. The number of nitrogens with zero attached hydrogens (tertiary/aromatic N) is 1. The summed E-state index contributed by atoms with van der Waals surface area (Å²) in [4.78, 5) is 4.34. The van der Waals surface area contributed by atoms with Crippen LogP contribution in [0.4, 0.5) is 0 Å². The first-order chi connectivity index (χ1) is 6.83. The summed E-state index contributed by atoms with van der Waals surface area (Å²) >= 11 is 1.58. The Balaban J connectivity index is 2.43. The van der Waals surface area contributed by atoms with Crippen molar-refractivity contribution in [3.63, 3.8) is 0 Å². The van der Waals surface area contributed by atoms with Crippen LogP contribution in [-0.4, -0.2) is 16.7 Å². The van der Waals surface area contributed by atoms with Gasteiger partial charge in [-0.25, -0.2) is 4.98 Å². The van der Waals surface area contributed by atoms with E-state index in [1.54, 1.807) is 11.3 Å². The second-order valence-electron chi connectivity index (χ2n) is 2.83. The van der Waals surface area contributed by atoms with Crippen LogP contribution in [-0.2, 0) is 6.42 Å². The summed E-state index contributed by atoms with van der Waals surface area (Å²) < 4.78 is 2.00. The molecule has 0 fully saturated rings. The van der Waals surface area contributed by atoms with Crippen molar-refractivity contribution >= 4 is 43.2 Å². The molecule has 0 amide bonds. The average molecular weight is 246 g/mol. The summed E-state index contributed by atoms with van der Waals surface area (Å²) in [7, 11) is 6.77. The Hall–Kier alpha value is -0.290. The topological polar surface area (TPSA) is 33.1 Å². The second kappa shape index (κ2) is 4.49. The van der Waals surface area contributed by atoms with Crippen LogP contribution in [0.25, 0.3) is 10.2 Å². The third-order valence-corrected chi connectivity index (χ3v) is 4.17. The number of rotatable bonds is 3. The summed E-state index contributed by atoms with van der Waals surface area (Å²) in [6.07, 6.45) is 0.677. The standard InChI is InChI=1S/C9H8ClNOS2/c10-14-9-11-7-5-6(3-4-12)1-2-8(7)13-9/h1-2,5,12H,3-4H2. The summed E-state index contributed by atoms with van der Waals surface area (Å²) in [5, 5.41) is 8.80. The van der Waals surface area contributed by atoms with Crippen molar-refractivity contribution in [1.82, 2.24) is 4.98 Å². The van der Waals surface area contributed by atoms with Gasteiger partial charge in [0.05, 0.1) is 10.2 Å². The summed E-state index contributed by atoms with van der Waals surface area (Å²) in [6.45, 7) is 0.173. The number of aliphatic hydroxyl groups is 1. The minimum Gasteiger partial charge on any atom is -0.396 e. The smallest absolute Gasteiger partial charge is 0.166 e. The van der Waals surface area contributed by atoms with E-state index in [-0.39, 0.29) is 6.61 Å². The minimum absolute atomic E-state index is 0.173. The molecule has 0 aliphatic carbocycles. The number of benzene rings is 1. The van der Waals surface area contributed by atoms with Crippen LogP contribution in [0.3, 0.4) is 0 Å². The first-order valence-corrected chi connectivity index (χ1v) is 6.58. The molecule has 0 unspecified atom stereocenters. The third-order valence-electron chi connectivity index (χ3n) is 1.90. The zero-order chi connectivity index (χ0) is 9.97. The predicted octanol–water partition coefficient (Wildman–Crippen LogP) is 3.08. The van der Waals surface area contributed by atoms with E-state index in [0.29, 0.717) is 6.42 Å². The van der Waals surface area contributed by atoms with Crippen molar-refractivity contribution < 1.29 is 5.11 Å². The van der Waals surface area contributed by atoms with Gasteiger partial charge in [0.1, 0.15) is 0 Å². The van der Waals surface area contributed by atoms with E-state index in [1.165, 1.54) is 0 Å². The van der Waals surface area contributed by atoms with Crippen LogP contribution in [0.2, 0.25) is 0 Å². The van der Waals surface area contributed by atoms with Gasteiger partial charge in [0.25, 0.3) is 0 Å². The van der Waals surface area contributed by atoms with Crippen LogP contribution in [0.1, 0.15) is 5.56 Å². The molecule has 5 heteroatoms. The molecule has 74 valence electrons. The molecule has 2 aromatic rings. The Morgan fingerprint density at radius 2 is 2.36 bits per heavy atom. The normalized spacial score (nSPS) is 11.0. The number of thiazole rings is 1. The first-order valence-electron chi connectivity index (χ1n) is 4.12. The van der Waals surface area contributed by atoms with E-state index in [1.807, 2.05) is 18.2 Å². The maximum absolute atomic E-state index is 8.80. The molecule has 1 aromatic carbocycles. The van der Waals surface area contributed by atoms with Gasteiger partial charge in [-0.15, -0.1) is 11.3 Å². The fourth-order valence-electron chi connectivity index (χ4n) is 1.27. The van der Waals surface area contributed by atoms with E-state index >= 15 is 0 Å². The maximum atomic E-state index is 8.80. The number of aromatic nitrogens is 1. The van der Waals surface area contributed by atoms with Crippen LogP contribution in [0.15, 0.2) is 22.5 Å². The highest BCUT2D eigenvalue weighted by atomic mass is 35.7. The lowest BCUT2D eigenvalue weighted by Crippen LogP contribution is -1.89. The van der Waals surface area contributed by atoms with Gasteiger partial charge in [-0.1, -0.05) is 6.07 Å². The molecule has 2 nitrogen and oxygen atoms in total. The van der Waals surface area contributed by atoms with Crippen molar-refractivity contribution in [2.24, 2.45) is 0 Å². The van der Waals surface area contributed by atoms with Gasteiger partial charge < -0.3 is 5.11 Å². The molecule has 0 saturated carbocycles. The Kier molecular flexibility index (Phi) is 3.28. The molecule has 1 N–H and O–H groups in total. The van der Waals surface area contributed by atoms with Crippen LogP contribution < -0.4 is 0 Å². The molecule has 1 aromatic heterocycles. The Morgan fingerprint density at radius 3 is 3.07 bits per heavy atom. The summed E-state index contributed by atoms with van der Waals surface area (Å²) in [6, 6.07) is 6.03. The number of hydrogen-bond donors (Lipinski definition) is 1. The molecule has 14 heavy (non-hydrogen) atoms. The van der Waals surface area contributed by atoms with Crippen molar-refractivity contribution in [2.45, 2.75) is 10.8 Å². The van der Waals surface area contributed by atoms with Crippen molar-refractivity contribution in [3.8, 4) is 0 Å². The quantitative estimate of drug-likeness (QED) is 0.902. The molecule has 0 radical (unpaired) electrons. The SMILES string of the molecule is OCCc1ccc2sc(SCl)nc2c1. The minimum atomic E-state index is 0.173. The van der Waals surface area contributed by atoms with Gasteiger partial charge in [-0.05, 0) is 34.8 Å². The molecule has 0 aliphatic heterocycles. The number of aliphatic hydroxyl groups excluding tert-OH is 1. The summed E-state index contributed by atoms with van der Waals surface area (Å²) in [5.41, 5.74) is 2.07. The maximum Gasteiger partial charge on any atom is 0.166 e. The van der Waals surface area contributed by atoms with Gasteiger partial charge in [-0.2, -0.15) is 0 Å². The highest BCUT2D eigenvalue weighted by Crippen LogP contribution is 2.31. The van der Waals surface area contributed by atoms with E-state index in [0.717, 1.165) is 31.1 Å². The molecule has 1 heterocycles. The largest absolute Gasteiger partial charge is 0.396 e. The van der Waals surface area contributed by atoms with Crippen LogP contribution in [0, 0.1) is 0 Å². The van der Waals surface area contributed by atoms with Gasteiger partial charge in [0.15, 0.2) is 4.34 Å². The van der Waals surface area contributed by atoms with Crippen molar-refractivity contribution in [3.05, 3.63) is 23.8 Å². The fraction of sp³-hybridized carbons (Fsp3) is 0.222. The number of hydrogen-bond acceptors (Lipinski definition) is 4. The van der Waals surface area contributed by atoms with Gasteiger partial charge >= 0.3 is 0 Å². The zero-order valence-electron chi connectivity index (χ0n) is 7.24. The lowest BCUT2D eigenvalue weighted by molar-refractivity contribution is 0.299. The predicted molar refractivity (Wildman–Crippen MR) is 62.1 cm³/mol. The van der Waals surface area contributed by atoms with E-state index < -0.39 is 0 Å². The molecule has 0 atom stereocenters. The average Bonchev–Trinajstić information content (AvgIpc) is 2.60. The fourth-order valence-corrected chi connectivity index (χ4v) is 2.86. The van der Waals surface area contributed by atoms with E-state index in [4.69, 9.17) is 15.8 Å². The van der Waals surface area contributed by atoms with E-state index in [9.17, 15) is 0 Å². The van der Waals surface area contributed by atoms with Gasteiger partial charge in [0.2, 0.25) is 0 Å². The highest BCUT2D eigenvalue weighted by molar-refractivity contribution is 8.22. The molecule has 0 bridgehead atoms.